The SMILES string of the molecule is C=C/C=C/[C@H](OC)[C@H](C)[C@@H](OC)[C@@H](C)C(=O)N[C@H](C(=O)N[C@@H](Cc1cccc(O[Si](C)(C)C(C)(C)C)c1)C(=O)N1CCC[C@@H](C(=O)NCCC=C)N1)C(C)C.C=CCCNC(=O)[C@@H]1CCCN(C(=O)[C@H](Cc2cccc(O[Si](C)(C)C(C)(C)C)c2)NC(=O)[C@@H](NC(=O)OC(C)(C)C)C(C)C)N1. The minimum atomic E-state index is -2.16. The number of rotatable bonds is 34. The number of allylic oxidation sites excluding steroid dienone is 2. The number of hydrogen-bond acceptors (Lipinski definition) is 15. The molecule has 0 radical (unpaired) electrons. The Morgan fingerprint density at radius 1 is 0.594 bits per heavy atom. The van der Waals surface area contributed by atoms with Crippen LogP contribution < -0.4 is 51.6 Å². The number of nitrogens with one attached hydrogen (secondary N) is 8. The zero-order valence-corrected chi connectivity index (χ0v) is 66.7. The van der Waals surface area contributed by atoms with E-state index in [1.165, 1.54) is 10.0 Å². The first-order valence-corrected chi connectivity index (χ1v) is 41.6. The molecule has 2 aromatic carbocycles. The Morgan fingerprint density at radius 2 is 1.01 bits per heavy atom. The summed E-state index contributed by atoms with van der Waals surface area (Å²) in [6.07, 6.45) is 11.1. The maximum Gasteiger partial charge on any atom is 0.408 e. The summed E-state index contributed by atoms with van der Waals surface area (Å²) < 4.78 is 29.9. The summed E-state index contributed by atoms with van der Waals surface area (Å²) in [7, 11) is -1.14. The van der Waals surface area contributed by atoms with Gasteiger partial charge in [-0.05, 0) is 143 Å². The lowest BCUT2D eigenvalue weighted by Gasteiger charge is -2.37. The van der Waals surface area contributed by atoms with Crippen LogP contribution in [-0.4, -0.2) is 169 Å². The molecular formula is C76H126N10O13Si2. The van der Waals surface area contributed by atoms with Gasteiger partial charge in [-0.2, -0.15) is 0 Å². The van der Waals surface area contributed by atoms with Gasteiger partial charge in [-0.15, -0.1) is 13.2 Å². The van der Waals surface area contributed by atoms with Gasteiger partial charge in [-0.3, -0.25) is 43.6 Å². The molecule has 10 atom stereocenters. The molecule has 0 aliphatic carbocycles. The van der Waals surface area contributed by atoms with Crippen LogP contribution in [0.3, 0.4) is 0 Å². The zero-order valence-electron chi connectivity index (χ0n) is 64.7. The summed E-state index contributed by atoms with van der Waals surface area (Å²) in [6.45, 7) is 50.7. The van der Waals surface area contributed by atoms with Crippen molar-refractivity contribution in [3.8, 4) is 11.5 Å². The Kier molecular flexibility index (Phi) is 35.4. The van der Waals surface area contributed by atoms with Crippen LogP contribution in [-0.2, 0) is 60.6 Å². The first-order chi connectivity index (χ1) is 47.0. The van der Waals surface area contributed by atoms with Gasteiger partial charge in [-0.25, -0.2) is 15.6 Å². The van der Waals surface area contributed by atoms with Crippen LogP contribution in [0.1, 0.15) is 154 Å². The molecule has 0 unspecified atom stereocenters. The second kappa shape index (κ2) is 40.6. The summed E-state index contributed by atoms with van der Waals surface area (Å²) in [5.74, 6) is -2.59. The average Bonchev–Trinajstić information content (AvgIpc) is 0.831. The lowest BCUT2D eigenvalue weighted by Crippen LogP contribution is -2.63. The van der Waals surface area contributed by atoms with Gasteiger partial charge in [0.05, 0.1) is 18.1 Å². The Labute approximate surface area is 606 Å². The summed E-state index contributed by atoms with van der Waals surface area (Å²) in [4.78, 5) is 108. The van der Waals surface area contributed by atoms with Gasteiger partial charge in [0.15, 0.2) is 0 Å². The molecule has 2 aromatic rings. The van der Waals surface area contributed by atoms with E-state index in [2.05, 4.69) is 130 Å². The Bertz CT molecular complexity index is 3100. The number of ether oxygens (including phenoxy) is 3. The highest BCUT2D eigenvalue weighted by molar-refractivity contribution is 6.75. The molecular weight excluding hydrogens is 1320 g/mol. The lowest BCUT2D eigenvalue weighted by atomic mass is 9.87. The van der Waals surface area contributed by atoms with E-state index in [0.29, 0.717) is 76.2 Å². The Hall–Kier alpha value is -7.17. The molecule has 2 heterocycles. The van der Waals surface area contributed by atoms with E-state index < -0.39 is 88.4 Å². The lowest BCUT2D eigenvalue weighted by molar-refractivity contribution is -0.144. The van der Waals surface area contributed by atoms with E-state index >= 15 is 0 Å². The van der Waals surface area contributed by atoms with Crippen LogP contribution in [0.4, 0.5) is 4.79 Å². The molecule has 4 rings (SSSR count). The fourth-order valence-corrected chi connectivity index (χ4v) is 12.9. The number of hydrogen-bond donors (Lipinski definition) is 8. The van der Waals surface area contributed by atoms with E-state index in [0.717, 1.165) is 11.1 Å². The first-order valence-electron chi connectivity index (χ1n) is 35.8. The second-order valence-corrected chi connectivity index (χ2v) is 40.6. The van der Waals surface area contributed by atoms with Crippen molar-refractivity contribution in [3.05, 3.63) is 110 Å². The minimum absolute atomic E-state index is 0.00305. The first kappa shape index (κ1) is 88.1. The number of nitrogens with zero attached hydrogens (tertiary/aromatic N) is 2. The van der Waals surface area contributed by atoms with E-state index in [9.17, 15) is 38.4 Å². The second-order valence-electron chi connectivity index (χ2n) is 31.2. The molecule has 0 bridgehead atoms. The number of carbonyl (C=O) groups is 8. The standard InChI is InChI=1S/C42H69N5O7Si.C34H57N5O6Si/c1-14-16-23-35(52-10)29(5)37(53-11)30(6)38(48)45-36(28(3)4)40(50)44-34(27-31-20-18-21-32(26-31)54-55(12,13)42(7,8)9)41(51)47-25-19-22-33(46-47)39(49)43-24-17-15-2;1-12-13-19-35-29(40)26-18-15-20-39(38-26)31(42)27(36-30(41)28(23(2)3)37-32(43)44-33(4,5)6)22-24-16-14-17-25(21-24)45-46(10,11)34(7,8)9/h14-16,18,20-21,23,26,28-30,33-37,46H,1-2,17,19,22,24-25,27H2,3-13H3,(H,43,49)(H,44,50)(H,45,48);12,14,16-17,21,23,26-28,38H,1,13,15,18-20,22H2,2-11H3,(H,35,40)(H,36,41)(H,37,43)/b23-16+;/t29-,30+,33-,34-,35-,36-,37+;26-,27-,28-/m00/s1. The predicted octanol–water partition coefficient (Wildman–Crippen LogP) is 10.3. The van der Waals surface area contributed by atoms with Crippen molar-refractivity contribution in [2.45, 2.75) is 246 Å². The van der Waals surface area contributed by atoms with Gasteiger partial charge < -0.3 is 55.0 Å². The van der Waals surface area contributed by atoms with Gasteiger partial charge in [0, 0.05) is 59.2 Å². The van der Waals surface area contributed by atoms with E-state index in [4.69, 9.17) is 23.1 Å². The summed E-state index contributed by atoms with van der Waals surface area (Å²) in [5, 5.41) is 20.1. The molecule has 566 valence electrons. The molecule has 8 N–H and O–H groups in total. The molecule has 2 aliphatic rings. The number of methoxy groups -OCH3 is 2. The maximum atomic E-state index is 14.4. The maximum absolute atomic E-state index is 14.4. The molecule has 101 heavy (non-hydrogen) atoms. The minimum Gasteiger partial charge on any atom is -0.543 e. The third kappa shape index (κ3) is 28.5. The highest BCUT2D eigenvalue weighted by Gasteiger charge is 2.43. The summed E-state index contributed by atoms with van der Waals surface area (Å²) in [5.41, 5.74) is 7.02. The highest BCUT2D eigenvalue weighted by Crippen LogP contribution is 2.39. The molecule has 2 saturated heterocycles. The van der Waals surface area contributed by atoms with Crippen molar-refractivity contribution in [2.75, 3.05) is 40.4 Å². The summed E-state index contributed by atoms with van der Waals surface area (Å²) >= 11 is 0. The van der Waals surface area contributed by atoms with Gasteiger partial charge in [0.1, 0.15) is 53.4 Å². The number of amides is 8. The van der Waals surface area contributed by atoms with E-state index in [1.54, 1.807) is 66.2 Å². The van der Waals surface area contributed by atoms with Crippen LogP contribution in [0.25, 0.3) is 0 Å². The van der Waals surface area contributed by atoms with Crippen molar-refractivity contribution in [2.24, 2.45) is 23.7 Å². The number of alkyl carbamates (subject to hydrolysis) is 1. The van der Waals surface area contributed by atoms with Crippen molar-refractivity contribution in [1.82, 2.24) is 52.8 Å². The van der Waals surface area contributed by atoms with Gasteiger partial charge in [-0.1, -0.05) is 144 Å². The number of hydrazine groups is 2. The van der Waals surface area contributed by atoms with Gasteiger partial charge in [0.25, 0.3) is 11.8 Å². The van der Waals surface area contributed by atoms with Crippen molar-refractivity contribution in [1.29, 1.82) is 0 Å². The molecule has 23 nitrogen and oxygen atoms in total. The van der Waals surface area contributed by atoms with Crippen LogP contribution in [0.5, 0.6) is 11.5 Å². The molecule has 2 aliphatic heterocycles. The summed E-state index contributed by atoms with van der Waals surface area (Å²) in [6, 6.07) is 10.1. The quantitative estimate of drug-likeness (QED) is 0.0140. The molecule has 8 amide bonds. The van der Waals surface area contributed by atoms with Crippen molar-refractivity contribution in [3.63, 3.8) is 0 Å². The third-order valence-corrected chi connectivity index (χ3v) is 27.6. The fraction of sp³-hybridized carbons (Fsp3) is 0.632. The van der Waals surface area contributed by atoms with Gasteiger partial charge >= 0.3 is 6.09 Å². The predicted molar refractivity (Wildman–Crippen MR) is 405 cm³/mol. The third-order valence-electron chi connectivity index (χ3n) is 18.9. The fourth-order valence-electron chi connectivity index (χ4n) is 10.9. The Balaban J connectivity index is 0.000000534. The zero-order chi connectivity index (χ0) is 76.4. The van der Waals surface area contributed by atoms with Crippen molar-refractivity contribution >= 4 is 64.1 Å². The molecule has 25 heteroatoms. The van der Waals surface area contributed by atoms with Gasteiger partial charge in [0.2, 0.25) is 46.2 Å². The monoisotopic (exact) mass is 1440 g/mol. The average molecular weight is 1440 g/mol. The smallest absolute Gasteiger partial charge is 0.408 e. The van der Waals surface area contributed by atoms with Crippen LogP contribution in [0.2, 0.25) is 36.3 Å². The molecule has 0 aromatic heterocycles. The number of carbonyl (C=O) groups excluding carboxylic acids is 8. The van der Waals surface area contributed by atoms with Crippen LogP contribution in [0, 0.1) is 23.7 Å². The largest absolute Gasteiger partial charge is 0.543 e. The topological polar surface area (TPSA) is 285 Å². The van der Waals surface area contributed by atoms with Crippen LogP contribution in [0.15, 0.2) is 98.6 Å². The van der Waals surface area contributed by atoms with Crippen molar-refractivity contribution < 1.29 is 61.4 Å². The number of benzene rings is 2. The van der Waals surface area contributed by atoms with Crippen LogP contribution >= 0.6 is 0 Å². The highest BCUT2D eigenvalue weighted by atomic mass is 28.4. The Morgan fingerprint density at radius 3 is 1.37 bits per heavy atom. The molecule has 0 spiro atoms. The molecule has 0 saturated carbocycles. The van der Waals surface area contributed by atoms with E-state index in [-0.39, 0.29) is 76.3 Å². The normalized spacial score (nSPS) is 17.8. The van der Waals surface area contributed by atoms with E-state index in [1.807, 2.05) is 89.2 Å². The molecule has 2 fully saturated rings.